The van der Waals surface area contributed by atoms with Gasteiger partial charge in [-0.1, -0.05) is 26.0 Å². The average molecular weight is 507 g/mol. The van der Waals surface area contributed by atoms with Gasteiger partial charge in [0.2, 0.25) is 0 Å². The third kappa shape index (κ3) is 5.42. The Morgan fingerprint density at radius 1 is 1.06 bits per heavy atom. The fourth-order valence-electron chi connectivity index (χ4n) is 4.18. The summed E-state index contributed by atoms with van der Waals surface area (Å²) < 4.78 is 1.63. The minimum atomic E-state index is -0.393. The van der Waals surface area contributed by atoms with Crippen molar-refractivity contribution in [1.82, 2.24) is 20.0 Å². The van der Waals surface area contributed by atoms with Gasteiger partial charge in [-0.15, -0.1) is 0 Å². The van der Waals surface area contributed by atoms with Crippen molar-refractivity contribution in [1.29, 1.82) is 0 Å². The third-order valence-corrected chi connectivity index (χ3v) is 6.64. The van der Waals surface area contributed by atoms with Crippen LogP contribution in [0.5, 0.6) is 5.75 Å². The molecule has 2 atom stereocenters. The minimum Gasteiger partial charge on any atom is -0.508 e. The molecule has 2 amide bonds. The molecule has 0 unspecified atom stereocenters. The highest BCUT2D eigenvalue weighted by atomic mass is 32.1. The van der Waals surface area contributed by atoms with E-state index in [1.54, 1.807) is 47.0 Å². The number of phenolic OH excluding ortho intramolecular Hbond substituents is 1. The van der Waals surface area contributed by atoms with Crippen LogP contribution >= 0.6 is 11.3 Å². The Morgan fingerprint density at radius 2 is 1.81 bits per heavy atom. The minimum absolute atomic E-state index is 0.156. The van der Waals surface area contributed by atoms with Crippen LogP contribution in [0.2, 0.25) is 0 Å². The van der Waals surface area contributed by atoms with Gasteiger partial charge in [0.25, 0.3) is 11.8 Å². The van der Waals surface area contributed by atoms with E-state index in [0.717, 1.165) is 11.1 Å². The number of carbonyl (C=O) groups is 2. The van der Waals surface area contributed by atoms with E-state index < -0.39 is 6.04 Å². The molecule has 0 saturated heterocycles. The molecule has 3 aromatic heterocycles. The maximum atomic E-state index is 13.5. The van der Waals surface area contributed by atoms with Gasteiger partial charge in [-0.25, -0.2) is 4.98 Å². The molecule has 9 heteroatoms. The molecule has 0 saturated carbocycles. The van der Waals surface area contributed by atoms with Crippen LogP contribution in [0.3, 0.4) is 0 Å². The van der Waals surface area contributed by atoms with E-state index in [1.165, 1.54) is 11.3 Å². The first-order valence-electron chi connectivity index (χ1n) is 11.8. The number of rotatable bonds is 9. The summed E-state index contributed by atoms with van der Waals surface area (Å²) in [6.07, 6.45) is 2.35. The number of carbonyl (C=O) groups excluding carboxylic acids is 2. The topological polar surface area (TPSA) is 116 Å². The normalized spacial score (nSPS) is 13.0. The van der Waals surface area contributed by atoms with Gasteiger partial charge in [-0.05, 0) is 60.5 Å². The Morgan fingerprint density at radius 3 is 2.44 bits per heavy atom. The van der Waals surface area contributed by atoms with Crippen molar-refractivity contribution in [2.24, 2.45) is 5.92 Å². The van der Waals surface area contributed by atoms with E-state index in [9.17, 15) is 19.8 Å². The second kappa shape index (κ2) is 10.9. The van der Waals surface area contributed by atoms with Crippen LogP contribution in [0.25, 0.3) is 16.9 Å². The number of aromatic nitrogens is 2. The lowest BCUT2D eigenvalue weighted by Gasteiger charge is -2.18. The molecule has 0 aliphatic rings. The van der Waals surface area contributed by atoms with Crippen molar-refractivity contribution in [3.8, 4) is 17.0 Å². The summed E-state index contributed by atoms with van der Waals surface area (Å²) in [6.45, 7) is 5.75. The average Bonchev–Trinajstić information content (AvgIpc) is 3.51. The Bertz CT molecular complexity index is 1350. The molecule has 36 heavy (non-hydrogen) atoms. The summed E-state index contributed by atoms with van der Waals surface area (Å²) in [5.41, 5.74) is 3.11. The molecule has 0 spiro atoms. The van der Waals surface area contributed by atoms with Crippen molar-refractivity contribution in [2.75, 3.05) is 6.61 Å². The molecular weight excluding hydrogens is 476 g/mol. The predicted octanol–water partition coefficient (Wildman–Crippen LogP) is 4.40. The van der Waals surface area contributed by atoms with E-state index in [-0.39, 0.29) is 30.2 Å². The molecule has 0 radical (unpaired) electrons. The number of imidazole rings is 1. The maximum absolute atomic E-state index is 13.5. The number of benzene rings is 1. The quantitative estimate of drug-likeness (QED) is 0.269. The molecule has 4 N–H and O–H groups in total. The molecule has 188 valence electrons. The van der Waals surface area contributed by atoms with Crippen molar-refractivity contribution in [3.05, 3.63) is 76.2 Å². The SMILES string of the molecule is CC(C)C[C@@H](CO)NC(=O)c1c(-c2ccsc2)nc2c(C(=O)N[C@H](C)c3ccc(O)cc3)cccn12. The van der Waals surface area contributed by atoms with Crippen LogP contribution < -0.4 is 10.6 Å². The van der Waals surface area contributed by atoms with E-state index in [4.69, 9.17) is 4.98 Å². The highest BCUT2D eigenvalue weighted by Gasteiger charge is 2.26. The number of nitrogens with zero attached hydrogens (tertiary/aromatic N) is 2. The van der Waals surface area contributed by atoms with Gasteiger partial charge in [0.1, 0.15) is 17.1 Å². The summed E-state index contributed by atoms with van der Waals surface area (Å²) in [5, 5.41) is 29.1. The molecule has 0 aliphatic carbocycles. The molecule has 0 aliphatic heterocycles. The molecule has 0 bridgehead atoms. The van der Waals surface area contributed by atoms with E-state index in [2.05, 4.69) is 10.6 Å². The molecule has 1 aromatic carbocycles. The fraction of sp³-hybridized carbons (Fsp3) is 0.296. The molecule has 4 rings (SSSR count). The zero-order valence-corrected chi connectivity index (χ0v) is 21.2. The number of aromatic hydroxyl groups is 1. The van der Waals surface area contributed by atoms with Crippen LogP contribution in [-0.2, 0) is 0 Å². The molecule has 3 heterocycles. The number of aliphatic hydroxyl groups excluding tert-OH is 1. The second-order valence-corrected chi connectivity index (χ2v) is 9.99. The number of phenols is 1. The number of pyridine rings is 1. The number of amides is 2. The van der Waals surface area contributed by atoms with Crippen molar-refractivity contribution >= 4 is 28.8 Å². The molecule has 4 aromatic rings. The van der Waals surface area contributed by atoms with E-state index in [1.807, 2.05) is 37.6 Å². The summed E-state index contributed by atoms with van der Waals surface area (Å²) in [5.74, 6) is -0.240. The zero-order chi connectivity index (χ0) is 25.8. The number of thiophene rings is 1. The van der Waals surface area contributed by atoms with Crippen LogP contribution in [0, 0.1) is 5.92 Å². The van der Waals surface area contributed by atoms with Crippen molar-refractivity contribution in [2.45, 2.75) is 39.3 Å². The number of fused-ring (bicyclic) bond motifs is 1. The lowest BCUT2D eigenvalue weighted by atomic mass is 10.0. The third-order valence-electron chi connectivity index (χ3n) is 5.96. The lowest BCUT2D eigenvalue weighted by molar-refractivity contribution is 0.0900. The Hall–Kier alpha value is -3.69. The Kier molecular flexibility index (Phi) is 7.71. The van der Waals surface area contributed by atoms with Crippen LogP contribution in [0.4, 0.5) is 0 Å². The highest BCUT2D eigenvalue weighted by molar-refractivity contribution is 7.08. The van der Waals surface area contributed by atoms with Gasteiger partial charge in [0.05, 0.1) is 24.3 Å². The van der Waals surface area contributed by atoms with Gasteiger partial charge < -0.3 is 20.8 Å². The molecular formula is C27H30N4O4S. The molecule has 8 nitrogen and oxygen atoms in total. The first-order valence-corrected chi connectivity index (χ1v) is 12.8. The maximum Gasteiger partial charge on any atom is 0.270 e. The van der Waals surface area contributed by atoms with Gasteiger partial charge in [0.15, 0.2) is 5.65 Å². The van der Waals surface area contributed by atoms with Gasteiger partial charge in [-0.3, -0.25) is 14.0 Å². The zero-order valence-electron chi connectivity index (χ0n) is 20.4. The first-order chi connectivity index (χ1) is 17.3. The monoisotopic (exact) mass is 506 g/mol. The summed E-state index contributed by atoms with van der Waals surface area (Å²) >= 11 is 1.49. The van der Waals surface area contributed by atoms with Gasteiger partial charge >= 0.3 is 0 Å². The predicted molar refractivity (Wildman–Crippen MR) is 140 cm³/mol. The van der Waals surface area contributed by atoms with E-state index >= 15 is 0 Å². The number of hydrogen-bond donors (Lipinski definition) is 4. The lowest BCUT2D eigenvalue weighted by Crippen LogP contribution is -2.39. The standard InChI is InChI=1S/C27H30N4O4S/c1-16(2)13-20(14-32)29-27(35)24-23(19-10-12-36-15-19)30-25-22(5-4-11-31(24)25)26(34)28-17(3)18-6-8-21(33)9-7-18/h4-12,15-17,20,32-33H,13-14H2,1-3H3,(H,28,34)(H,29,35)/t17-,20+/m1/s1. The van der Waals surface area contributed by atoms with Gasteiger partial charge in [-0.2, -0.15) is 11.3 Å². The van der Waals surface area contributed by atoms with Crippen molar-refractivity contribution in [3.63, 3.8) is 0 Å². The first kappa shape index (κ1) is 25.4. The number of hydrogen-bond acceptors (Lipinski definition) is 6. The smallest absolute Gasteiger partial charge is 0.270 e. The Balaban J connectivity index is 1.72. The van der Waals surface area contributed by atoms with Crippen LogP contribution in [-0.4, -0.2) is 44.1 Å². The molecule has 0 fully saturated rings. The summed E-state index contributed by atoms with van der Waals surface area (Å²) in [6, 6.07) is 11.2. The largest absolute Gasteiger partial charge is 0.508 e. The van der Waals surface area contributed by atoms with E-state index in [0.29, 0.717) is 34.9 Å². The number of aliphatic hydroxyl groups is 1. The van der Waals surface area contributed by atoms with Crippen LogP contribution in [0.15, 0.2) is 59.4 Å². The van der Waals surface area contributed by atoms with Crippen molar-refractivity contribution < 1.29 is 19.8 Å². The summed E-state index contributed by atoms with van der Waals surface area (Å²) in [4.78, 5) is 31.5. The second-order valence-electron chi connectivity index (χ2n) is 9.21. The van der Waals surface area contributed by atoms with Crippen LogP contribution in [0.1, 0.15) is 59.6 Å². The Labute approximate surface area is 213 Å². The van der Waals surface area contributed by atoms with Gasteiger partial charge in [0, 0.05) is 17.1 Å². The summed E-state index contributed by atoms with van der Waals surface area (Å²) in [7, 11) is 0. The fourth-order valence-corrected chi connectivity index (χ4v) is 4.83. The highest BCUT2D eigenvalue weighted by Crippen LogP contribution is 2.28. The number of nitrogens with one attached hydrogen (secondary N) is 2.